The molecule has 2 atom stereocenters. The number of hydrogen-bond acceptors (Lipinski definition) is 3. The van der Waals surface area contributed by atoms with Crippen molar-refractivity contribution in [2.45, 2.75) is 38.0 Å². The van der Waals surface area contributed by atoms with E-state index in [0.717, 1.165) is 6.42 Å². The van der Waals surface area contributed by atoms with Crippen LogP contribution >= 0.6 is 0 Å². The summed E-state index contributed by atoms with van der Waals surface area (Å²) in [5.41, 5.74) is 1.10. The fraction of sp³-hybridized carbons (Fsp3) is 0.533. The molecule has 6 heteroatoms. The van der Waals surface area contributed by atoms with Crippen LogP contribution in [0.15, 0.2) is 23.1 Å². The molecule has 2 unspecified atom stereocenters. The first-order valence-electron chi connectivity index (χ1n) is 7.20. The van der Waals surface area contributed by atoms with Crippen LogP contribution in [0.25, 0.3) is 0 Å². The predicted molar refractivity (Wildman–Crippen MR) is 81.4 cm³/mol. The Hall–Kier alpha value is -1.40. The third kappa shape index (κ3) is 3.83. The molecule has 2 rings (SSSR count). The van der Waals surface area contributed by atoms with E-state index in [-0.39, 0.29) is 10.8 Å². The number of aryl methyl sites for hydroxylation is 1. The molecule has 0 aromatic heterocycles. The second kappa shape index (κ2) is 6.15. The summed E-state index contributed by atoms with van der Waals surface area (Å²) in [4.78, 5) is 12.2. The lowest BCUT2D eigenvalue weighted by Gasteiger charge is -2.16. The Morgan fingerprint density at radius 3 is 2.62 bits per heavy atom. The van der Waals surface area contributed by atoms with E-state index in [9.17, 15) is 13.2 Å². The molecule has 0 spiro atoms. The maximum Gasteiger partial charge on any atom is 0.251 e. The van der Waals surface area contributed by atoms with Crippen LogP contribution in [0.4, 0.5) is 0 Å². The molecule has 1 aromatic carbocycles. The first kappa shape index (κ1) is 16.0. The van der Waals surface area contributed by atoms with Crippen molar-refractivity contribution >= 4 is 15.9 Å². The molecule has 0 radical (unpaired) electrons. The number of primary sulfonamides is 1. The summed E-state index contributed by atoms with van der Waals surface area (Å²) in [6, 6.07) is 4.32. The number of sulfonamides is 1. The molecule has 3 N–H and O–H groups in total. The maximum atomic E-state index is 12.2. The smallest absolute Gasteiger partial charge is 0.251 e. The molecule has 116 valence electrons. The van der Waals surface area contributed by atoms with E-state index in [4.69, 9.17) is 5.14 Å². The van der Waals surface area contributed by atoms with Gasteiger partial charge in [0.05, 0.1) is 4.90 Å². The van der Waals surface area contributed by atoms with Crippen molar-refractivity contribution in [2.24, 2.45) is 17.0 Å². The van der Waals surface area contributed by atoms with Gasteiger partial charge in [0, 0.05) is 12.1 Å². The Bertz CT molecular complexity index is 640. The van der Waals surface area contributed by atoms with Gasteiger partial charge in [-0.3, -0.25) is 4.79 Å². The van der Waals surface area contributed by atoms with Gasteiger partial charge in [-0.2, -0.15) is 0 Å². The van der Waals surface area contributed by atoms with Gasteiger partial charge in [-0.25, -0.2) is 13.6 Å². The summed E-state index contributed by atoms with van der Waals surface area (Å²) in [6.07, 6.45) is 3.61. The van der Waals surface area contributed by atoms with Crippen LogP contribution in [-0.4, -0.2) is 20.9 Å². The lowest BCUT2D eigenvalue weighted by atomic mass is 9.98. The van der Waals surface area contributed by atoms with E-state index in [1.165, 1.54) is 31.0 Å². The van der Waals surface area contributed by atoms with E-state index in [1.807, 2.05) is 0 Å². The van der Waals surface area contributed by atoms with Gasteiger partial charge in [-0.05, 0) is 48.9 Å². The molecule has 0 heterocycles. The lowest BCUT2D eigenvalue weighted by Crippen LogP contribution is -2.30. The highest BCUT2D eigenvalue weighted by Gasteiger charge is 2.24. The molecule has 1 amide bonds. The van der Waals surface area contributed by atoms with E-state index < -0.39 is 10.0 Å². The number of carbonyl (C=O) groups excluding carboxylic acids is 1. The van der Waals surface area contributed by atoms with Gasteiger partial charge < -0.3 is 5.32 Å². The van der Waals surface area contributed by atoms with Crippen molar-refractivity contribution < 1.29 is 13.2 Å². The van der Waals surface area contributed by atoms with Crippen LogP contribution in [0.3, 0.4) is 0 Å². The Balaban J connectivity index is 2.06. The van der Waals surface area contributed by atoms with Gasteiger partial charge in [-0.1, -0.05) is 19.8 Å². The summed E-state index contributed by atoms with van der Waals surface area (Å²) in [5.74, 6) is 1.03. The van der Waals surface area contributed by atoms with Crippen LogP contribution in [0.1, 0.15) is 42.1 Å². The van der Waals surface area contributed by atoms with E-state index in [1.54, 1.807) is 6.92 Å². The number of rotatable bonds is 4. The van der Waals surface area contributed by atoms with Gasteiger partial charge in [0.1, 0.15) is 0 Å². The van der Waals surface area contributed by atoms with Crippen molar-refractivity contribution in [3.05, 3.63) is 29.3 Å². The third-order valence-corrected chi connectivity index (χ3v) is 5.25. The quantitative estimate of drug-likeness (QED) is 0.888. The largest absolute Gasteiger partial charge is 0.352 e. The summed E-state index contributed by atoms with van der Waals surface area (Å²) in [5, 5.41) is 8.03. The van der Waals surface area contributed by atoms with Crippen LogP contribution in [0, 0.1) is 18.8 Å². The number of amides is 1. The minimum atomic E-state index is -3.73. The minimum Gasteiger partial charge on any atom is -0.352 e. The number of hydrogen-bond donors (Lipinski definition) is 2. The second-order valence-corrected chi connectivity index (χ2v) is 7.46. The molecular weight excluding hydrogens is 288 g/mol. The SMILES string of the molecule is Cc1cc(S(N)(=O)=O)ccc1C(=O)NCC1CCCC1C. The number of benzene rings is 1. The van der Waals surface area contributed by atoms with Gasteiger partial charge in [-0.15, -0.1) is 0 Å². The van der Waals surface area contributed by atoms with E-state index in [0.29, 0.717) is 29.5 Å². The lowest BCUT2D eigenvalue weighted by molar-refractivity contribution is 0.0944. The molecule has 5 nitrogen and oxygen atoms in total. The maximum absolute atomic E-state index is 12.2. The first-order valence-corrected chi connectivity index (χ1v) is 8.75. The van der Waals surface area contributed by atoms with E-state index >= 15 is 0 Å². The third-order valence-electron chi connectivity index (χ3n) is 4.33. The highest BCUT2D eigenvalue weighted by Crippen LogP contribution is 2.30. The van der Waals surface area contributed by atoms with Crippen molar-refractivity contribution in [3.63, 3.8) is 0 Å². The number of nitrogens with one attached hydrogen (secondary N) is 1. The molecule has 21 heavy (non-hydrogen) atoms. The summed E-state index contributed by atoms with van der Waals surface area (Å²) in [6.45, 7) is 4.61. The fourth-order valence-electron chi connectivity index (χ4n) is 2.91. The molecular formula is C15H22N2O3S. The predicted octanol–water partition coefficient (Wildman–Crippen LogP) is 1.81. The highest BCUT2D eigenvalue weighted by molar-refractivity contribution is 7.89. The van der Waals surface area contributed by atoms with Crippen LogP contribution < -0.4 is 10.5 Å². The van der Waals surface area contributed by atoms with Crippen molar-refractivity contribution in [1.82, 2.24) is 5.32 Å². The number of nitrogens with two attached hydrogens (primary N) is 1. The highest BCUT2D eigenvalue weighted by atomic mass is 32.2. The van der Waals surface area contributed by atoms with Gasteiger partial charge in [0.25, 0.3) is 5.91 Å². The molecule has 1 saturated carbocycles. The molecule has 0 aliphatic heterocycles. The second-order valence-electron chi connectivity index (χ2n) is 5.90. The van der Waals surface area contributed by atoms with Gasteiger partial charge in [0.15, 0.2) is 0 Å². The van der Waals surface area contributed by atoms with Crippen LogP contribution in [0.5, 0.6) is 0 Å². The van der Waals surface area contributed by atoms with Gasteiger partial charge >= 0.3 is 0 Å². The summed E-state index contributed by atoms with van der Waals surface area (Å²) in [7, 11) is -3.73. The van der Waals surface area contributed by atoms with Crippen molar-refractivity contribution in [2.75, 3.05) is 6.54 Å². The molecule has 1 aliphatic carbocycles. The zero-order valence-electron chi connectivity index (χ0n) is 12.4. The average Bonchev–Trinajstić information content (AvgIpc) is 2.80. The van der Waals surface area contributed by atoms with Crippen LogP contribution in [-0.2, 0) is 10.0 Å². The Morgan fingerprint density at radius 2 is 2.10 bits per heavy atom. The minimum absolute atomic E-state index is 0.0287. The van der Waals surface area contributed by atoms with Crippen molar-refractivity contribution in [3.8, 4) is 0 Å². The Morgan fingerprint density at radius 1 is 1.38 bits per heavy atom. The zero-order valence-corrected chi connectivity index (χ0v) is 13.2. The molecule has 1 fully saturated rings. The fourth-order valence-corrected chi connectivity index (χ4v) is 3.51. The average molecular weight is 310 g/mol. The van der Waals surface area contributed by atoms with Gasteiger partial charge in [0.2, 0.25) is 10.0 Å². The molecule has 0 saturated heterocycles. The number of carbonyl (C=O) groups is 1. The molecule has 1 aliphatic rings. The van der Waals surface area contributed by atoms with Crippen molar-refractivity contribution in [1.29, 1.82) is 0 Å². The molecule has 0 bridgehead atoms. The topological polar surface area (TPSA) is 89.3 Å². The Labute approximate surface area is 126 Å². The van der Waals surface area contributed by atoms with E-state index in [2.05, 4.69) is 12.2 Å². The monoisotopic (exact) mass is 310 g/mol. The summed E-state index contributed by atoms with van der Waals surface area (Å²) >= 11 is 0. The zero-order chi connectivity index (χ0) is 15.6. The normalized spacial score (nSPS) is 22.2. The Kier molecular flexibility index (Phi) is 4.68. The van der Waals surface area contributed by atoms with Crippen LogP contribution in [0.2, 0.25) is 0 Å². The first-order chi connectivity index (χ1) is 9.79. The molecule has 1 aromatic rings. The summed E-state index contributed by atoms with van der Waals surface area (Å²) < 4.78 is 22.6. The standard InChI is InChI=1S/C15H22N2O3S/c1-10-4-3-5-12(10)9-17-15(18)14-7-6-13(8-11(14)2)21(16,19)20/h6-8,10,12H,3-5,9H2,1-2H3,(H,17,18)(H2,16,19,20).